The van der Waals surface area contributed by atoms with Gasteiger partial charge in [-0.05, 0) is 5.16 Å². The normalized spacial score (nSPS) is 15.1. The maximum Gasteiger partial charge on any atom is 0.280 e. The van der Waals surface area contributed by atoms with Gasteiger partial charge in [0.25, 0.3) is 9.69 Å². The first-order valence-corrected chi connectivity index (χ1v) is 5.12. The Bertz CT molecular complexity index is 238. The number of alkyl halides is 5. The number of carbonyl (C=O) groups is 1. The van der Waals surface area contributed by atoms with Crippen LogP contribution in [-0.4, -0.2) is 32.1 Å². The van der Waals surface area contributed by atoms with Gasteiger partial charge >= 0.3 is 0 Å². The lowest BCUT2D eigenvalue weighted by molar-refractivity contribution is -0.120. The molecule has 1 N–H and O–H groups in total. The van der Waals surface area contributed by atoms with Crippen LogP contribution in [0.15, 0.2) is 5.16 Å². The van der Waals surface area contributed by atoms with Crippen LogP contribution in [0, 0.1) is 0 Å². The van der Waals surface area contributed by atoms with E-state index in [2.05, 4.69) is 9.89 Å². The highest BCUT2D eigenvalue weighted by Gasteiger charge is 2.34. The maximum absolute atomic E-state index is 10.8. The van der Waals surface area contributed by atoms with Crippen LogP contribution in [0.4, 0.5) is 0 Å². The van der Waals surface area contributed by atoms with Gasteiger partial charge in [0.05, 0.1) is 5.88 Å². The van der Waals surface area contributed by atoms with E-state index in [4.69, 9.17) is 63.2 Å². The third kappa shape index (κ3) is 4.75. The van der Waals surface area contributed by atoms with Gasteiger partial charge in [0.15, 0.2) is 0 Å². The number of rotatable bonds is 3. The zero-order chi connectivity index (χ0) is 11.4. The molecule has 4 nitrogen and oxygen atoms in total. The summed E-state index contributed by atoms with van der Waals surface area (Å²) < 4.78 is 2.45. The van der Waals surface area contributed by atoms with Gasteiger partial charge in [-0.25, -0.2) is 0 Å². The number of Topliss-reactive ketones (excluding diaryl/α,β-unsaturated/α-hetero) is 1. The molecule has 0 aliphatic carbocycles. The Morgan fingerprint density at radius 1 is 1.50 bits per heavy atom. The molecule has 0 rings (SSSR count). The quantitative estimate of drug-likeness (QED) is 0.286. The van der Waals surface area contributed by atoms with E-state index in [1.165, 1.54) is 0 Å². The summed E-state index contributed by atoms with van der Waals surface area (Å²) in [4.78, 5) is 10.8. The Kier molecular flexibility index (Phi) is 6.25. The Hall–Kier alpha value is 0.390. The Morgan fingerprint density at radius 2 is 2.00 bits per heavy atom. The molecule has 0 aromatic heterocycles. The minimum Gasteiger partial charge on any atom is -0.448 e. The van der Waals surface area contributed by atoms with Gasteiger partial charge in [-0.1, -0.05) is 46.4 Å². The number of halogens is 5. The van der Waals surface area contributed by atoms with Crippen molar-refractivity contribution in [3.8, 4) is 0 Å². The van der Waals surface area contributed by atoms with Crippen LogP contribution in [0.3, 0.4) is 0 Å². The Morgan fingerprint density at radius 3 is 2.29 bits per heavy atom. The van der Waals surface area contributed by atoms with E-state index in [1.807, 2.05) is 0 Å². The summed E-state index contributed by atoms with van der Waals surface area (Å²) in [6, 6.07) is 0. The summed E-state index contributed by atoms with van der Waals surface area (Å²) in [5.41, 5.74) is -1.46. The highest BCUT2D eigenvalue weighted by molar-refractivity contribution is 6.76. The van der Waals surface area contributed by atoms with Crippen LogP contribution in [0.5, 0.6) is 0 Å². The first kappa shape index (κ1) is 14.4. The molecule has 1 atom stereocenters. The number of hydrogen-bond donors (Lipinski definition) is 1. The molecule has 9 heteroatoms. The van der Waals surface area contributed by atoms with Crippen LogP contribution in [-0.2, 0) is 9.53 Å². The van der Waals surface area contributed by atoms with Crippen molar-refractivity contribution in [3.05, 3.63) is 0 Å². The third-order valence-electron chi connectivity index (χ3n) is 0.933. The smallest absolute Gasteiger partial charge is 0.280 e. The average molecular weight is 303 g/mol. The summed E-state index contributed by atoms with van der Waals surface area (Å²) in [6.45, 7) is 0. The Labute approximate surface area is 105 Å². The first-order valence-electron chi connectivity index (χ1n) is 3.01. The van der Waals surface area contributed by atoms with E-state index in [-0.39, 0.29) is 5.88 Å². The number of nitrogens with zero attached hydrogens (tertiary/aromatic N) is 1. The van der Waals surface area contributed by atoms with Crippen LogP contribution in [0.25, 0.3) is 0 Å². The highest BCUT2D eigenvalue weighted by atomic mass is 35.6. The first-order chi connectivity index (χ1) is 6.32. The van der Waals surface area contributed by atoms with E-state index in [1.54, 1.807) is 0 Å². The number of ether oxygens (including phenoxy) is 1. The fourth-order valence-corrected chi connectivity index (χ4v) is 0.999. The highest BCUT2D eigenvalue weighted by Crippen LogP contribution is 2.29. The Balaban J connectivity index is 4.43. The van der Waals surface area contributed by atoms with E-state index in [9.17, 15) is 4.79 Å². The van der Waals surface area contributed by atoms with Crippen molar-refractivity contribution < 1.29 is 14.7 Å². The predicted octanol–water partition coefficient (Wildman–Crippen LogP) is 2.53. The lowest BCUT2D eigenvalue weighted by atomic mass is 10.5. The van der Waals surface area contributed by atoms with Gasteiger partial charge in [-0.15, -0.1) is 11.6 Å². The SMILES string of the molecule is O=C(CCl)C(Cl)OC(=NO)C(Cl)(Cl)Cl. The van der Waals surface area contributed by atoms with Gasteiger partial charge in [-0.3, -0.25) is 4.79 Å². The summed E-state index contributed by atoms with van der Waals surface area (Å²) >= 11 is 26.5. The zero-order valence-corrected chi connectivity index (χ0v) is 10.2. The van der Waals surface area contributed by atoms with E-state index >= 15 is 0 Å². The van der Waals surface area contributed by atoms with Crippen LogP contribution < -0.4 is 0 Å². The molecule has 14 heavy (non-hydrogen) atoms. The molecule has 0 aromatic rings. The minimum atomic E-state index is -2.10. The van der Waals surface area contributed by atoms with Gasteiger partial charge in [-0.2, -0.15) is 0 Å². The second kappa shape index (κ2) is 6.08. The van der Waals surface area contributed by atoms with Crippen molar-refractivity contribution in [2.45, 2.75) is 9.36 Å². The molecule has 0 spiro atoms. The molecule has 0 fully saturated rings. The van der Waals surface area contributed by atoms with Gasteiger partial charge in [0.2, 0.25) is 11.3 Å². The maximum atomic E-state index is 10.8. The molecule has 82 valence electrons. The molecule has 0 saturated carbocycles. The number of carbonyl (C=O) groups excluding carboxylic acids is 1. The monoisotopic (exact) mass is 301 g/mol. The molecule has 0 aliphatic heterocycles. The summed E-state index contributed by atoms with van der Waals surface area (Å²) in [6.07, 6.45) is 0. The molecule has 0 heterocycles. The molecule has 0 amide bonds. The fraction of sp³-hybridized carbons (Fsp3) is 0.600. The second-order valence-corrected chi connectivity index (χ2v) is 4.88. The van der Waals surface area contributed by atoms with Gasteiger partial charge in [0, 0.05) is 0 Å². The number of hydrogen-bond acceptors (Lipinski definition) is 4. The topological polar surface area (TPSA) is 58.9 Å². The second-order valence-electron chi connectivity index (χ2n) is 1.94. The minimum absolute atomic E-state index is 0.368. The molecule has 0 aliphatic rings. The van der Waals surface area contributed by atoms with Crippen molar-refractivity contribution in [1.29, 1.82) is 0 Å². The molecule has 0 saturated heterocycles. The van der Waals surface area contributed by atoms with Crippen molar-refractivity contribution in [3.63, 3.8) is 0 Å². The van der Waals surface area contributed by atoms with Crippen molar-refractivity contribution in [2.24, 2.45) is 5.16 Å². The molecule has 0 bridgehead atoms. The standard InChI is InChI=1S/C5H4Cl5NO3/c6-1-2(12)3(7)14-4(11-13)5(8,9)10/h3,13H,1H2. The fourth-order valence-electron chi connectivity index (χ4n) is 0.371. The third-order valence-corrected chi connectivity index (χ3v) is 2.01. The predicted molar refractivity (Wildman–Crippen MR) is 56.0 cm³/mol. The summed E-state index contributed by atoms with van der Waals surface area (Å²) in [5, 5.41) is 10.9. The molecular weight excluding hydrogens is 299 g/mol. The van der Waals surface area contributed by atoms with Crippen LogP contribution >= 0.6 is 58.0 Å². The van der Waals surface area contributed by atoms with Crippen molar-refractivity contribution >= 4 is 69.7 Å². The van der Waals surface area contributed by atoms with Crippen LogP contribution in [0.1, 0.15) is 0 Å². The summed E-state index contributed by atoms with van der Waals surface area (Å²) in [5.74, 6) is -1.73. The summed E-state index contributed by atoms with van der Waals surface area (Å²) in [7, 11) is 0. The van der Waals surface area contributed by atoms with Gasteiger partial charge in [0.1, 0.15) is 0 Å². The van der Waals surface area contributed by atoms with Gasteiger partial charge < -0.3 is 9.94 Å². The van der Waals surface area contributed by atoms with Crippen molar-refractivity contribution in [1.82, 2.24) is 0 Å². The van der Waals surface area contributed by atoms with Crippen molar-refractivity contribution in [2.75, 3.05) is 5.88 Å². The molecule has 0 radical (unpaired) electrons. The molecular formula is C5H4Cl5NO3. The van der Waals surface area contributed by atoms with Crippen LogP contribution in [0.2, 0.25) is 0 Å². The van der Waals surface area contributed by atoms with E-state index < -0.39 is 21.0 Å². The largest absolute Gasteiger partial charge is 0.448 e. The zero-order valence-electron chi connectivity index (χ0n) is 6.39. The number of oxime groups is 1. The average Bonchev–Trinajstić information content (AvgIpc) is 2.10. The lowest BCUT2D eigenvalue weighted by Crippen LogP contribution is -2.30. The van der Waals surface area contributed by atoms with E-state index in [0.717, 1.165) is 0 Å². The molecule has 0 aromatic carbocycles. The lowest BCUT2D eigenvalue weighted by Gasteiger charge is -2.16. The van der Waals surface area contributed by atoms with E-state index in [0.29, 0.717) is 0 Å². The molecule has 1 unspecified atom stereocenters. The number of ketones is 1.